The van der Waals surface area contributed by atoms with Crippen molar-refractivity contribution < 1.29 is 4.79 Å². The van der Waals surface area contributed by atoms with Gasteiger partial charge in [-0.2, -0.15) is 0 Å². The van der Waals surface area contributed by atoms with Crippen molar-refractivity contribution in [3.8, 4) is 0 Å². The second-order valence-electron chi connectivity index (χ2n) is 4.49. The van der Waals surface area contributed by atoms with E-state index in [1.807, 2.05) is 49.5 Å². The summed E-state index contributed by atoms with van der Waals surface area (Å²) in [5.41, 5.74) is 3.69. The minimum atomic E-state index is -0.0809. The molecule has 0 radical (unpaired) electrons. The summed E-state index contributed by atoms with van der Waals surface area (Å²) in [6.45, 7) is 1.99. The van der Waals surface area contributed by atoms with E-state index >= 15 is 0 Å². The number of carbonyl (C=O) groups excluding carboxylic acids is 1. The van der Waals surface area contributed by atoms with E-state index in [1.165, 1.54) is 11.3 Å². The van der Waals surface area contributed by atoms with Gasteiger partial charge in [0.1, 0.15) is 0 Å². The summed E-state index contributed by atoms with van der Waals surface area (Å²) >= 11 is 4.86. The number of benzene rings is 1. The standard InChI is InChI=1S/C14H15BrN2OS/c1-9-6-11(17(2)3)4-5-12(9)16-14(18)10-7-13(15)19-8-10/h4-8H,1-3H3,(H,16,18). The van der Waals surface area contributed by atoms with Crippen molar-refractivity contribution in [1.82, 2.24) is 0 Å². The minimum Gasteiger partial charge on any atom is -0.378 e. The van der Waals surface area contributed by atoms with Crippen LogP contribution in [0.2, 0.25) is 0 Å². The zero-order valence-corrected chi connectivity index (χ0v) is 13.4. The van der Waals surface area contributed by atoms with Crippen molar-refractivity contribution in [1.29, 1.82) is 0 Å². The van der Waals surface area contributed by atoms with Crippen LogP contribution in [0, 0.1) is 6.92 Å². The fraction of sp³-hybridized carbons (Fsp3) is 0.214. The summed E-state index contributed by atoms with van der Waals surface area (Å²) in [5, 5.41) is 4.77. The molecule has 0 saturated carbocycles. The van der Waals surface area contributed by atoms with Gasteiger partial charge in [-0.1, -0.05) is 0 Å². The fourth-order valence-corrected chi connectivity index (χ4v) is 2.83. The third kappa shape index (κ3) is 3.36. The average molecular weight is 339 g/mol. The van der Waals surface area contributed by atoms with E-state index in [1.54, 1.807) is 0 Å². The maximum absolute atomic E-state index is 12.1. The molecule has 0 saturated heterocycles. The molecule has 0 spiro atoms. The zero-order valence-electron chi connectivity index (χ0n) is 11.0. The van der Waals surface area contributed by atoms with E-state index < -0.39 is 0 Å². The van der Waals surface area contributed by atoms with Gasteiger partial charge in [0.25, 0.3) is 5.91 Å². The zero-order chi connectivity index (χ0) is 14.0. The lowest BCUT2D eigenvalue weighted by atomic mass is 10.1. The number of thiophene rings is 1. The normalized spacial score (nSPS) is 10.3. The van der Waals surface area contributed by atoms with Crippen molar-refractivity contribution in [2.24, 2.45) is 0 Å². The highest BCUT2D eigenvalue weighted by molar-refractivity contribution is 9.11. The molecule has 3 nitrogen and oxygen atoms in total. The second-order valence-corrected chi connectivity index (χ2v) is 6.78. The first-order valence-corrected chi connectivity index (χ1v) is 7.48. The van der Waals surface area contributed by atoms with Crippen molar-refractivity contribution >= 4 is 44.5 Å². The number of aryl methyl sites for hydroxylation is 1. The van der Waals surface area contributed by atoms with Crippen LogP contribution in [0.1, 0.15) is 15.9 Å². The highest BCUT2D eigenvalue weighted by Gasteiger charge is 2.10. The molecule has 0 unspecified atom stereocenters. The summed E-state index contributed by atoms with van der Waals surface area (Å²) in [6.07, 6.45) is 0. The van der Waals surface area contributed by atoms with Crippen LogP contribution < -0.4 is 10.2 Å². The molecule has 0 aliphatic rings. The minimum absolute atomic E-state index is 0.0809. The van der Waals surface area contributed by atoms with Crippen molar-refractivity contribution in [3.63, 3.8) is 0 Å². The average Bonchev–Trinajstić information content (AvgIpc) is 2.78. The van der Waals surface area contributed by atoms with Gasteiger partial charge in [-0.15, -0.1) is 11.3 Å². The molecule has 1 aromatic carbocycles. The van der Waals surface area contributed by atoms with E-state index in [0.717, 1.165) is 20.7 Å². The molecule has 5 heteroatoms. The number of hydrogen-bond donors (Lipinski definition) is 1. The number of nitrogens with one attached hydrogen (secondary N) is 1. The van der Waals surface area contributed by atoms with Gasteiger partial charge in [0.2, 0.25) is 0 Å². The molecule has 0 fully saturated rings. The van der Waals surface area contributed by atoms with Crippen molar-refractivity contribution in [2.75, 3.05) is 24.3 Å². The number of rotatable bonds is 3. The lowest BCUT2D eigenvalue weighted by Crippen LogP contribution is -2.13. The molecule has 1 heterocycles. The Bertz CT molecular complexity index is 607. The highest BCUT2D eigenvalue weighted by Crippen LogP contribution is 2.24. The van der Waals surface area contributed by atoms with Crippen LogP contribution in [-0.2, 0) is 0 Å². The number of carbonyl (C=O) groups is 1. The van der Waals surface area contributed by atoms with Crippen molar-refractivity contribution in [3.05, 3.63) is 44.6 Å². The van der Waals surface area contributed by atoms with Crippen LogP contribution in [-0.4, -0.2) is 20.0 Å². The second kappa shape index (κ2) is 5.75. The summed E-state index contributed by atoms with van der Waals surface area (Å²) in [6, 6.07) is 7.80. The molecule has 2 aromatic rings. The Morgan fingerprint density at radius 3 is 2.58 bits per heavy atom. The molecule has 1 aromatic heterocycles. The predicted octanol–water partition coefficient (Wildman–Crippen LogP) is 4.14. The smallest absolute Gasteiger partial charge is 0.256 e. The summed E-state index contributed by atoms with van der Waals surface area (Å²) in [7, 11) is 3.99. The molecule has 0 aliphatic carbocycles. The van der Waals surface area contributed by atoms with E-state index in [0.29, 0.717) is 5.56 Å². The Kier molecular flexibility index (Phi) is 4.27. The number of anilines is 2. The quantitative estimate of drug-likeness (QED) is 0.912. The molecule has 0 bridgehead atoms. The van der Waals surface area contributed by atoms with Gasteiger partial charge in [0.05, 0.1) is 9.35 Å². The first kappa shape index (κ1) is 14.1. The van der Waals surface area contributed by atoms with Gasteiger partial charge < -0.3 is 10.2 Å². The van der Waals surface area contributed by atoms with Crippen LogP contribution in [0.5, 0.6) is 0 Å². The highest BCUT2D eigenvalue weighted by atomic mass is 79.9. The van der Waals surface area contributed by atoms with Gasteiger partial charge in [-0.25, -0.2) is 0 Å². The largest absolute Gasteiger partial charge is 0.378 e. The van der Waals surface area contributed by atoms with Gasteiger partial charge in [0, 0.05) is 30.9 Å². The maximum Gasteiger partial charge on any atom is 0.256 e. The van der Waals surface area contributed by atoms with Crippen molar-refractivity contribution in [2.45, 2.75) is 6.92 Å². The van der Waals surface area contributed by atoms with Crippen LogP contribution in [0.25, 0.3) is 0 Å². The Hall–Kier alpha value is -1.33. The number of halogens is 1. The fourth-order valence-electron chi connectivity index (χ4n) is 1.69. The molecule has 100 valence electrons. The predicted molar refractivity (Wildman–Crippen MR) is 85.5 cm³/mol. The lowest BCUT2D eigenvalue weighted by molar-refractivity contribution is 0.102. The SMILES string of the molecule is Cc1cc(N(C)C)ccc1NC(=O)c1csc(Br)c1. The Labute approximate surface area is 125 Å². The van der Waals surface area contributed by atoms with Crippen LogP contribution >= 0.6 is 27.3 Å². The molecule has 1 N–H and O–H groups in total. The summed E-state index contributed by atoms with van der Waals surface area (Å²) in [5.74, 6) is -0.0809. The van der Waals surface area contributed by atoms with E-state index in [4.69, 9.17) is 0 Å². The third-order valence-electron chi connectivity index (χ3n) is 2.80. The lowest BCUT2D eigenvalue weighted by Gasteiger charge is -2.15. The Balaban J connectivity index is 2.17. The first-order valence-electron chi connectivity index (χ1n) is 5.81. The van der Waals surface area contributed by atoms with Gasteiger partial charge >= 0.3 is 0 Å². The molecule has 2 rings (SSSR count). The number of nitrogens with zero attached hydrogens (tertiary/aromatic N) is 1. The molecule has 0 aliphatic heterocycles. The maximum atomic E-state index is 12.1. The van der Waals surface area contributed by atoms with Crippen LogP contribution in [0.4, 0.5) is 11.4 Å². The Morgan fingerprint density at radius 1 is 1.32 bits per heavy atom. The van der Waals surface area contributed by atoms with E-state index in [9.17, 15) is 4.79 Å². The monoisotopic (exact) mass is 338 g/mol. The van der Waals surface area contributed by atoms with Gasteiger partial charge in [-0.05, 0) is 52.7 Å². The van der Waals surface area contributed by atoms with Gasteiger partial charge in [0.15, 0.2) is 0 Å². The molecule has 0 atom stereocenters. The van der Waals surface area contributed by atoms with Crippen LogP contribution in [0.15, 0.2) is 33.4 Å². The number of amides is 1. The topological polar surface area (TPSA) is 32.3 Å². The summed E-state index contributed by atoms with van der Waals surface area (Å²) < 4.78 is 0.956. The molecule has 19 heavy (non-hydrogen) atoms. The molecule has 1 amide bonds. The van der Waals surface area contributed by atoms with Gasteiger partial charge in [-0.3, -0.25) is 4.79 Å². The Morgan fingerprint density at radius 2 is 2.05 bits per heavy atom. The first-order chi connectivity index (χ1) is 8.97. The van der Waals surface area contributed by atoms with Crippen LogP contribution in [0.3, 0.4) is 0 Å². The van der Waals surface area contributed by atoms with E-state index in [-0.39, 0.29) is 5.91 Å². The molecular formula is C14H15BrN2OS. The third-order valence-corrected chi connectivity index (χ3v) is 4.31. The summed E-state index contributed by atoms with van der Waals surface area (Å²) in [4.78, 5) is 14.1. The van der Waals surface area contributed by atoms with E-state index in [2.05, 4.69) is 27.3 Å². The number of hydrogen-bond acceptors (Lipinski definition) is 3. The molecular weight excluding hydrogens is 324 g/mol.